The molecule has 3 aromatic rings. The van der Waals surface area contributed by atoms with Crippen LogP contribution in [0, 0.1) is 5.82 Å². The van der Waals surface area contributed by atoms with E-state index in [4.69, 9.17) is 4.74 Å². The SMILES string of the molecule is O=C(c1ccc(F)cc1)N1CCc2cc(OC(=O)C(F)(F)F)ccc2C1Cc1ccc(OCCC2CCCCN2)cc1. The molecule has 0 saturated carbocycles. The minimum absolute atomic E-state index is 0.210. The second kappa shape index (κ2) is 12.9. The van der Waals surface area contributed by atoms with Crippen LogP contribution < -0.4 is 14.8 Å². The number of hydrogen-bond donors (Lipinski definition) is 1. The van der Waals surface area contributed by atoms with E-state index >= 15 is 0 Å². The van der Waals surface area contributed by atoms with Gasteiger partial charge in [0, 0.05) is 18.2 Å². The molecule has 2 aliphatic rings. The highest BCUT2D eigenvalue weighted by Crippen LogP contribution is 2.36. The Morgan fingerprint density at radius 1 is 0.952 bits per heavy atom. The Balaban J connectivity index is 1.34. The monoisotopic (exact) mass is 584 g/mol. The first-order valence-corrected chi connectivity index (χ1v) is 14.1. The molecule has 0 bridgehead atoms. The van der Waals surface area contributed by atoms with Crippen LogP contribution in [0.25, 0.3) is 0 Å². The third-order valence-electron chi connectivity index (χ3n) is 7.77. The van der Waals surface area contributed by atoms with Gasteiger partial charge >= 0.3 is 12.1 Å². The number of nitrogens with one attached hydrogen (secondary N) is 1. The van der Waals surface area contributed by atoms with Gasteiger partial charge in [-0.15, -0.1) is 0 Å². The number of piperidine rings is 1. The van der Waals surface area contributed by atoms with Crippen LogP contribution in [0.2, 0.25) is 0 Å². The van der Waals surface area contributed by atoms with Crippen molar-refractivity contribution in [3.8, 4) is 11.5 Å². The molecule has 1 saturated heterocycles. The number of rotatable bonds is 8. The smallest absolute Gasteiger partial charge is 0.491 e. The standard InChI is InChI=1S/C32H32F4N2O4/c33-24-8-6-22(7-9-24)30(39)38-17-14-23-20-27(42-31(40)32(34,35)36)12-13-28(23)29(38)19-21-4-10-26(11-5-21)41-18-15-25-3-1-2-16-37-25/h4-13,20,25,29,37H,1-3,14-19H2. The van der Waals surface area contributed by atoms with Gasteiger partial charge in [-0.25, -0.2) is 9.18 Å². The maximum atomic E-state index is 13.5. The van der Waals surface area contributed by atoms with E-state index in [-0.39, 0.29) is 18.2 Å². The van der Waals surface area contributed by atoms with Gasteiger partial charge in [0.2, 0.25) is 0 Å². The fourth-order valence-corrected chi connectivity index (χ4v) is 5.57. The van der Waals surface area contributed by atoms with E-state index < -0.39 is 24.0 Å². The molecule has 1 N–H and O–H groups in total. The molecule has 6 nitrogen and oxygen atoms in total. The van der Waals surface area contributed by atoms with Gasteiger partial charge in [0.05, 0.1) is 12.6 Å². The number of fused-ring (bicyclic) bond motifs is 1. The van der Waals surface area contributed by atoms with Gasteiger partial charge < -0.3 is 19.7 Å². The van der Waals surface area contributed by atoms with Gasteiger partial charge in [-0.2, -0.15) is 13.2 Å². The van der Waals surface area contributed by atoms with E-state index in [0.29, 0.717) is 36.6 Å². The van der Waals surface area contributed by atoms with Crippen molar-refractivity contribution >= 4 is 11.9 Å². The Bertz CT molecular complexity index is 1390. The van der Waals surface area contributed by atoms with Crippen molar-refractivity contribution in [1.82, 2.24) is 10.2 Å². The minimum Gasteiger partial charge on any atom is -0.494 e. The number of amides is 1. The van der Waals surface area contributed by atoms with Crippen LogP contribution >= 0.6 is 0 Å². The first-order chi connectivity index (χ1) is 20.2. The lowest BCUT2D eigenvalue weighted by Gasteiger charge is -2.38. The molecule has 0 spiro atoms. The van der Waals surface area contributed by atoms with Crippen molar-refractivity contribution in [2.45, 2.75) is 56.8 Å². The Morgan fingerprint density at radius 3 is 2.38 bits per heavy atom. The third kappa shape index (κ3) is 7.28. The highest BCUT2D eigenvalue weighted by Gasteiger charge is 2.41. The Labute approximate surface area is 241 Å². The second-order valence-electron chi connectivity index (χ2n) is 10.7. The summed E-state index contributed by atoms with van der Waals surface area (Å²) in [6, 6.07) is 17.3. The normalized spacial score (nSPS) is 18.7. The molecule has 10 heteroatoms. The summed E-state index contributed by atoms with van der Waals surface area (Å²) in [6.07, 6.45) is 0.194. The summed E-state index contributed by atoms with van der Waals surface area (Å²) < 4.78 is 62.2. The molecule has 2 heterocycles. The fraction of sp³-hybridized carbons (Fsp3) is 0.375. The maximum absolute atomic E-state index is 13.5. The summed E-state index contributed by atoms with van der Waals surface area (Å²) in [5.41, 5.74) is 2.69. The summed E-state index contributed by atoms with van der Waals surface area (Å²) >= 11 is 0. The number of hydrogen-bond acceptors (Lipinski definition) is 5. The van der Waals surface area contributed by atoms with E-state index in [2.05, 4.69) is 10.1 Å². The largest absolute Gasteiger partial charge is 0.494 e. The van der Waals surface area contributed by atoms with Gasteiger partial charge in [-0.05, 0) is 104 Å². The number of ether oxygens (including phenoxy) is 2. The number of esters is 1. The summed E-state index contributed by atoms with van der Waals surface area (Å²) in [7, 11) is 0. The molecule has 1 amide bonds. The van der Waals surface area contributed by atoms with Crippen LogP contribution in [-0.4, -0.2) is 48.7 Å². The summed E-state index contributed by atoms with van der Waals surface area (Å²) in [5, 5.41) is 3.51. The third-order valence-corrected chi connectivity index (χ3v) is 7.77. The van der Waals surface area contributed by atoms with Crippen LogP contribution in [-0.2, 0) is 17.6 Å². The summed E-state index contributed by atoms with van der Waals surface area (Å²) in [6.45, 7) is 1.93. The van der Waals surface area contributed by atoms with Gasteiger partial charge in [0.1, 0.15) is 17.3 Å². The average Bonchev–Trinajstić information content (AvgIpc) is 2.98. The number of benzene rings is 3. The quantitative estimate of drug-likeness (QED) is 0.194. The van der Waals surface area contributed by atoms with Gasteiger partial charge in [0.25, 0.3) is 5.91 Å². The van der Waals surface area contributed by atoms with Crippen LogP contribution in [0.5, 0.6) is 11.5 Å². The number of nitrogens with zero attached hydrogens (tertiary/aromatic N) is 1. The fourth-order valence-electron chi connectivity index (χ4n) is 5.57. The van der Waals surface area contributed by atoms with E-state index in [0.717, 1.165) is 36.3 Å². The lowest BCUT2D eigenvalue weighted by molar-refractivity contribution is -0.189. The van der Waals surface area contributed by atoms with Crippen molar-refractivity contribution in [2.24, 2.45) is 0 Å². The number of carbonyl (C=O) groups excluding carboxylic acids is 2. The van der Waals surface area contributed by atoms with E-state index in [1.807, 2.05) is 24.3 Å². The van der Waals surface area contributed by atoms with Crippen molar-refractivity contribution in [2.75, 3.05) is 19.7 Å². The molecule has 3 aromatic carbocycles. The molecule has 2 atom stereocenters. The molecule has 0 aliphatic carbocycles. The molecule has 0 radical (unpaired) electrons. The predicted octanol–water partition coefficient (Wildman–Crippen LogP) is 6.19. The predicted molar refractivity (Wildman–Crippen MR) is 148 cm³/mol. The van der Waals surface area contributed by atoms with Crippen molar-refractivity contribution in [3.05, 3.63) is 94.8 Å². The lowest BCUT2D eigenvalue weighted by Crippen LogP contribution is -2.41. The molecule has 5 rings (SSSR count). The van der Waals surface area contributed by atoms with E-state index in [1.54, 1.807) is 11.0 Å². The second-order valence-corrected chi connectivity index (χ2v) is 10.7. The van der Waals surface area contributed by atoms with Crippen LogP contribution in [0.3, 0.4) is 0 Å². The molecular formula is C32H32F4N2O4. The van der Waals surface area contributed by atoms with Crippen molar-refractivity contribution < 1.29 is 36.6 Å². The molecule has 42 heavy (non-hydrogen) atoms. The number of halogens is 4. The molecule has 2 aliphatic heterocycles. The zero-order valence-corrected chi connectivity index (χ0v) is 23.0. The van der Waals surface area contributed by atoms with Gasteiger partial charge in [0.15, 0.2) is 0 Å². The maximum Gasteiger partial charge on any atom is 0.491 e. The van der Waals surface area contributed by atoms with Crippen LogP contribution in [0.1, 0.15) is 58.8 Å². The zero-order valence-electron chi connectivity index (χ0n) is 23.0. The van der Waals surface area contributed by atoms with E-state index in [9.17, 15) is 27.2 Å². The molecular weight excluding hydrogens is 552 g/mol. The zero-order chi connectivity index (χ0) is 29.7. The molecule has 0 aromatic heterocycles. The van der Waals surface area contributed by atoms with Crippen LogP contribution in [0.4, 0.5) is 17.6 Å². The molecule has 1 fully saturated rings. The van der Waals surface area contributed by atoms with Crippen molar-refractivity contribution in [1.29, 1.82) is 0 Å². The highest BCUT2D eigenvalue weighted by atomic mass is 19.4. The Kier molecular flexibility index (Phi) is 9.11. The van der Waals surface area contributed by atoms with Gasteiger partial charge in [-0.1, -0.05) is 24.6 Å². The molecule has 222 valence electrons. The first kappa shape index (κ1) is 29.6. The highest BCUT2D eigenvalue weighted by molar-refractivity contribution is 5.94. The lowest BCUT2D eigenvalue weighted by atomic mass is 9.88. The minimum atomic E-state index is -5.11. The summed E-state index contributed by atoms with van der Waals surface area (Å²) in [4.78, 5) is 26.6. The van der Waals surface area contributed by atoms with Gasteiger partial charge in [-0.3, -0.25) is 4.79 Å². The average molecular weight is 585 g/mol. The Morgan fingerprint density at radius 2 is 1.69 bits per heavy atom. The Hall–Kier alpha value is -3.92. The first-order valence-electron chi connectivity index (χ1n) is 14.1. The topological polar surface area (TPSA) is 67.9 Å². The number of carbonyl (C=O) groups is 2. The van der Waals surface area contributed by atoms with E-state index in [1.165, 1.54) is 49.2 Å². The number of alkyl halides is 3. The van der Waals surface area contributed by atoms with Crippen molar-refractivity contribution in [3.63, 3.8) is 0 Å². The van der Waals surface area contributed by atoms with Crippen LogP contribution in [0.15, 0.2) is 66.7 Å². The summed E-state index contributed by atoms with van der Waals surface area (Å²) in [5.74, 6) is -2.49. The molecule has 2 unspecified atom stereocenters.